The van der Waals surface area contributed by atoms with Gasteiger partial charge in [-0.05, 0) is 68.3 Å². The van der Waals surface area contributed by atoms with E-state index in [0.717, 1.165) is 6.42 Å². The predicted molar refractivity (Wildman–Crippen MR) is 82.6 cm³/mol. The molecule has 0 aliphatic carbocycles. The predicted octanol–water partition coefficient (Wildman–Crippen LogP) is 4.12. The lowest BCUT2D eigenvalue weighted by Crippen LogP contribution is -2.28. The van der Waals surface area contributed by atoms with Gasteiger partial charge in [0.05, 0.1) is 5.92 Å². The first-order chi connectivity index (χ1) is 8.19. The van der Waals surface area contributed by atoms with E-state index in [-0.39, 0.29) is 11.9 Å². The Labute approximate surface area is 123 Å². The molecule has 2 nitrogen and oxygen atoms in total. The fraction of sp³-hybridized carbons (Fsp3) is 0.533. The maximum absolute atomic E-state index is 11.9. The zero-order chi connectivity index (χ0) is 13.9. The molecule has 3 heteroatoms. The second-order valence-corrected chi connectivity index (χ2v) is 6.90. The van der Waals surface area contributed by atoms with Crippen LogP contribution in [0.25, 0.3) is 0 Å². The van der Waals surface area contributed by atoms with Crippen LogP contribution in [0, 0.1) is 16.4 Å². The van der Waals surface area contributed by atoms with Crippen molar-refractivity contribution < 1.29 is 9.53 Å². The molecular formula is C15H21IO2. The molecule has 0 radical (unpaired) electrons. The van der Waals surface area contributed by atoms with E-state index in [1.54, 1.807) is 0 Å². The van der Waals surface area contributed by atoms with E-state index < -0.39 is 5.60 Å². The average molecular weight is 360 g/mol. The maximum atomic E-state index is 11.9. The number of benzene rings is 1. The third kappa shape index (κ3) is 4.96. The maximum Gasteiger partial charge on any atom is 0.309 e. The van der Waals surface area contributed by atoms with Crippen LogP contribution in [0.15, 0.2) is 18.2 Å². The lowest BCUT2D eigenvalue weighted by atomic mass is 9.99. The highest BCUT2D eigenvalue weighted by molar-refractivity contribution is 14.1. The number of rotatable bonds is 3. The minimum Gasteiger partial charge on any atom is -0.460 e. The van der Waals surface area contributed by atoms with Crippen LogP contribution in [-0.2, 0) is 16.0 Å². The van der Waals surface area contributed by atoms with Gasteiger partial charge in [0.15, 0.2) is 0 Å². The Hall–Kier alpha value is -0.580. The summed E-state index contributed by atoms with van der Waals surface area (Å²) < 4.78 is 6.60. The summed E-state index contributed by atoms with van der Waals surface area (Å²) in [6.45, 7) is 9.68. The third-order valence-electron chi connectivity index (χ3n) is 2.54. The molecule has 0 amide bonds. The van der Waals surface area contributed by atoms with Crippen molar-refractivity contribution in [1.82, 2.24) is 0 Å². The Balaban J connectivity index is 2.72. The van der Waals surface area contributed by atoms with Crippen LogP contribution in [0.4, 0.5) is 0 Å². The standard InChI is InChI=1S/C15H21IO2/c1-10-6-7-13(16)12(8-10)9-11(2)14(17)18-15(3,4)5/h6-8,11H,9H2,1-5H3. The van der Waals surface area contributed by atoms with Crippen LogP contribution in [0.2, 0.25) is 0 Å². The summed E-state index contributed by atoms with van der Waals surface area (Å²) in [6, 6.07) is 6.32. The molecule has 0 fully saturated rings. The molecule has 0 spiro atoms. The average Bonchev–Trinajstić information content (AvgIpc) is 2.21. The molecule has 0 saturated heterocycles. The summed E-state index contributed by atoms with van der Waals surface area (Å²) in [4.78, 5) is 11.9. The molecule has 0 heterocycles. The zero-order valence-corrected chi connectivity index (χ0v) is 13.9. The first-order valence-corrected chi connectivity index (χ1v) is 7.25. The van der Waals surface area contributed by atoms with Gasteiger partial charge in [-0.15, -0.1) is 0 Å². The van der Waals surface area contributed by atoms with Crippen molar-refractivity contribution in [1.29, 1.82) is 0 Å². The summed E-state index contributed by atoms with van der Waals surface area (Å²) in [5.74, 6) is -0.237. The zero-order valence-electron chi connectivity index (χ0n) is 11.7. The molecule has 100 valence electrons. The largest absolute Gasteiger partial charge is 0.460 e. The van der Waals surface area contributed by atoms with Crippen LogP contribution in [0.3, 0.4) is 0 Å². The topological polar surface area (TPSA) is 26.3 Å². The van der Waals surface area contributed by atoms with E-state index in [9.17, 15) is 4.79 Å². The Morgan fingerprint density at radius 1 is 1.39 bits per heavy atom. The van der Waals surface area contributed by atoms with Crippen LogP contribution in [0.1, 0.15) is 38.8 Å². The highest BCUT2D eigenvalue weighted by Crippen LogP contribution is 2.20. The van der Waals surface area contributed by atoms with Gasteiger partial charge < -0.3 is 4.74 Å². The third-order valence-corrected chi connectivity index (χ3v) is 3.59. The fourth-order valence-electron chi connectivity index (χ4n) is 1.68. The van der Waals surface area contributed by atoms with Crippen molar-refractivity contribution in [2.45, 2.75) is 46.6 Å². The highest BCUT2D eigenvalue weighted by atomic mass is 127. The second-order valence-electron chi connectivity index (χ2n) is 5.73. The van der Waals surface area contributed by atoms with Gasteiger partial charge in [-0.25, -0.2) is 0 Å². The molecule has 0 saturated carbocycles. The van der Waals surface area contributed by atoms with Gasteiger partial charge >= 0.3 is 5.97 Å². The monoisotopic (exact) mass is 360 g/mol. The molecule has 0 N–H and O–H groups in total. The summed E-state index contributed by atoms with van der Waals surface area (Å²) in [5.41, 5.74) is 2.03. The number of halogens is 1. The summed E-state index contributed by atoms with van der Waals surface area (Å²) in [6.07, 6.45) is 0.731. The first-order valence-electron chi connectivity index (χ1n) is 6.17. The number of esters is 1. The summed E-state index contributed by atoms with van der Waals surface area (Å²) >= 11 is 2.31. The molecule has 1 rings (SSSR count). The van der Waals surface area contributed by atoms with E-state index in [1.807, 2.05) is 27.7 Å². The quantitative estimate of drug-likeness (QED) is 0.599. The Morgan fingerprint density at radius 2 is 2.00 bits per heavy atom. The molecule has 0 aliphatic heterocycles. The van der Waals surface area contributed by atoms with Crippen LogP contribution < -0.4 is 0 Å². The molecule has 18 heavy (non-hydrogen) atoms. The summed E-state index contributed by atoms with van der Waals surface area (Å²) in [7, 11) is 0. The van der Waals surface area contributed by atoms with Gasteiger partial charge in [-0.3, -0.25) is 4.79 Å². The Morgan fingerprint density at radius 3 is 2.56 bits per heavy atom. The molecule has 0 aliphatic rings. The van der Waals surface area contributed by atoms with Crippen molar-refractivity contribution in [3.8, 4) is 0 Å². The fourth-order valence-corrected chi connectivity index (χ4v) is 2.23. The summed E-state index contributed by atoms with van der Waals surface area (Å²) in [5, 5.41) is 0. The van der Waals surface area contributed by atoms with E-state index in [1.165, 1.54) is 14.7 Å². The minimum absolute atomic E-state index is 0.112. The lowest BCUT2D eigenvalue weighted by Gasteiger charge is -2.22. The van der Waals surface area contributed by atoms with Crippen molar-refractivity contribution >= 4 is 28.6 Å². The number of hydrogen-bond donors (Lipinski definition) is 0. The first kappa shape index (κ1) is 15.5. The van der Waals surface area contributed by atoms with E-state index in [2.05, 4.69) is 47.7 Å². The Bertz CT molecular complexity index is 433. The van der Waals surface area contributed by atoms with Crippen LogP contribution >= 0.6 is 22.6 Å². The normalized spacial score (nSPS) is 13.2. The molecule has 1 aromatic rings. The van der Waals surface area contributed by atoms with Gasteiger partial charge in [0.25, 0.3) is 0 Å². The van der Waals surface area contributed by atoms with Crippen molar-refractivity contribution in [2.24, 2.45) is 5.92 Å². The molecule has 0 bridgehead atoms. The molecule has 1 aromatic carbocycles. The van der Waals surface area contributed by atoms with Crippen molar-refractivity contribution in [3.63, 3.8) is 0 Å². The number of hydrogen-bond acceptors (Lipinski definition) is 2. The highest BCUT2D eigenvalue weighted by Gasteiger charge is 2.22. The second kappa shape index (κ2) is 6.04. The number of ether oxygens (including phenoxy) is 1. The van der Waals surface area contributed by atoms with Crippen molar-refractivity contribution in [3.05, 3.63) is 32.9 Å². The smallest absolute Gasteiger partial charge is 0.309 e. The van der Waals surface area contributed by atoms with Gasteiger partial charge in [-0.1, -0.05) is 24.6 Å². The Kier molecular flexibility index (Phi) is 5.20. The molecule has 0 aromatic heterocycles. The van der Waals surface area contributed by atoms with E-state index in [0.29, 0.717) is 0 Å². The van der Waals surface area contributed by atoms with Crippen molar-refractivity contribution in [2.75, 3.05) is 0 Å². The number of carbonyl (C=O) groups excluding carboxylic acids is 1. The lowest BCUT2D eigenvalue weighted by molar-refractivity contribution is -0.159. The van der Waals surface area contributed by atoms with E-state index in [4.69, 9.17) is 4.74 Å². The molecule has 1 atom stereocenters. The number of aryl methyl sites for hydroxylation is 1. The molecular weight excluding hydrogens is 339 g/mol. The van der Waals surface area contributed by atoms with Crippen LogP contribution in [-0.4, -0.2) is 11.6 Å². The number of carbonyl (C=O) groups is 1. The minimum atomic E-state index is -0.412. The van der Waals surface area contributed by atoms with Gasteiger partial charge in [-0.2, -0.15) is 0 Å². The van der Waals surface area contributed by atoms with Gasteiger partial charge in [0, 0.05) is 3.57 Å². The van der Waals surface area contributed by atoms with Crippen LogP contribution in [0.5, 0.6) is 0 Å². The SMILES string of the molecule is Cc1ccc(I)c(CC(C)C(=O)OC(C)(C)C)c1. The molecule has 1 unspecified atom stereocenters. The van der Waals surface area contributed by atoms with Gasteiger partial charge in [0.1, 0.15) is 5.60 Å². The van der Waals surface area contributed by atoms with E-state index >= 15 is 0 Å². The van der Waals surface area contributed by atoms with Gasteiger partial charge in [0.2, 0.25) is 0 Å².